The molecule has 1 saturated carbocycles. The van der Waals surface area contributed by atoms with Crippen LogP contribution in [-0.4, -0.2) is 62.4 Å². The molecule has 1 aliphatic carbocycles. The highest BCUT2D eigenvalue weighted by atomic mass is 32.1. The van der Waals surface area contributed by atoms with Crippen molar-refractivity contribution in [2.24, 2.45) is 5.92 Å². The minimum absolute atomic E-state index is 0.0514. The Balaban J connectivity index is 1.52. The number of amides is 1. The summed E-state index contributed by atoms with van der Waals surface area (Å²) in [5.74, 6) is 0.905. The van der Waals surface area contributed by atoms with Crippen molar-refractivity contribution >= 4 is 22.2 Å². The second kappa shape index (κ2) is 6.16. The summed E-state index contributed by atoms with van der Waals surface area (Å²) < 4.78 is 11.9. The van der Waals surface area contributed by atoms with E-state index in [1.165, 1.54) is 17.7 Å². The number of ether oxygens (including phenoxy) is 2. The fourth-order valence-corrected chi connectivity index (χ4v) is 4.35. The van der Waals surface area contributed by atoms with Crippen molar-refractivity contribution in [2.75, 3.05) is 50.9 Å². The van der Waals surface area contributed by atoms with Gasteiger partial charge in [-0.15, -0.1) is 11.3 Å². The van der Waals surface area contributed by atoms with E-state index in [1.54, 1.807) is 11.3 Å². The molecule has 3 heterocycles. The smallest absolute Gasteiger partial charge is 0.253 e. The number of hydrogen-bond acceptors (Lipinski definition) is 5. The maximum atomic E-state index is 12.3. The molecular weight excluding hydrogens is 312 g/mol. The summed E-state index contributed by atoms with van der Waals surface area (Å²) in [5.41, 5.74) is -0.392. The van der Waals surface area contributed by atoms with E-state index in [0.717, 1.165) is 37.2 Å². The average molecular weight is 336 g/mol. The molecular formula is C17H24N2O3S. The van der Waals surface area contributed by atoms with Gasteiger partial charge in [-0.1, -0.05) is 0 Å². The lowest BCUT2D eigenvalue weighted by Crippen LogP contribution is -2.60. The molecule has 1 aromatic heterocycles. The summed E-state index contributed by atoms with van der Waals surface area (Å²) in [7, 11) is 0. The second-order valence-electron chi connectivity index (χ2n) is 7.07. The molecule has 0 bridgehead atoms. The number of rotatable bonds is 3. The molecule has 3 fully saturated rings. The maximum Gasteiger partial charge on any atom is 0.253 e. The minimum atomic E-state index is -0.392. The highest BCUT2D eigenvalue weighted by Gasteiger charge is 2.44. The lowest BCUT2D eigenvalue weighted by molar-refractivity contribution is -0.146. The molecule has 4 rings (SSSR count). The van der Waals surface area contributed by atoms with Crippen molar-refractivity contribution in [3.8, 4) is 0 Å². The van der Waals surface area contributed by atoms with Crippen LogP contribution in [-0.2, 0) is 14.3 Å². The highest BCUT2D eigenvalue weighted by Crippen LogP contribution is 2.34. The van der Waals surface area contributed by atoms with Crippen LogP contribution in [0.4, 0.5) is 5.00 Å². The van der Waals surface area contributed by atoms with Gasteiger partial charge in [0, 0.05) is 24.5 Å². The first-order valence-electron chi connectivity index (χ1n) is 8.44. The SMILES string of the molecule is Cc1ccc(N2CC3(COCCN(CC4CC4)C3)OCC2=O)s1. The van der Waals surface area contributed by atoms with Crippen LogP contribution in [0.1, 0.15) is 17.7 Å². The predicted molar refractivity (Wildman–Crippen MR) is 90.1 cm³/mol. The molecule has 1 aromatic rings. The van der Waals surface area contributed by atoms with Gasteiger partial charge in [0.1, 0.15) is 12.2 Å². The third-order valence-electron chi connectivity index (χ3n) is 4.88. The topological polar surface area (TPSA) is 42.0 Å². The Morgan fingerprint density at radius 3 is 2.96 bits per heavy atom. The van der Waals surface area contributed by atoms with Crippen molar-refractivity contribution in [2.45, 2.75) is 25.4 Å². The fraction of sp³-hybridized carbons (Fsp3) is 0.706. The summed E-state index contributed by atoms with van der Waals surface area (Å²) in [6, 6.07) is 4.11. The van der Waals surface area contributed by atoms with Crippen LogP contribution in [0.2, 0.25) is 0 Å². The van der Waals surface area contributed by atoms with E-state index in [4.69, 9.17) is 9.47 Å². The van der Waals surface area contributed by atoms with Crippen LogP contribution >= 0.6 is 11.3 Å². The number of carbonyl (C=O) groups excluding carboxylic acids is 1. The van der Waals surface area contributed by atoms with Crippen molar-refractivity contribution in [1.29, 1.82) is 0 Å². The van der Waals surface area contributed by atoms with Gasteiger partial charge in [0.15, 0.2) is 0 Å². The zero-order chi connectivity index (χ0) is 15.9. The Kier molecular flexibility index (Phi) is 4.17. The number of morpholine rings is 1. The summed E-state index contributed by atoms with van der Waals surface area (Å²) >= 11 is 1.67. The zero-order valence-electron chi connectivity index (χ0n) is 13.6. The van der Waals surface area contributed by atoms with Crippen LogP contribution in [0.25, 0.3) is 0 Å². The first-order valence-corrected chi connectivity index (χ1v) is 9.26. The Morgan fingerprint density at radius 2 is 2.22 bits per heavy atom. The number of aryl methyl sites for hydroxylation is 1. The molecule has 3 aliphatic rings. The molecule has 0 aromatic carbocycles. The number of anilines is 1. The van der Waals surface area contributed by atoms with Gasteiger partial charge >= 0.3 is 0 Å². The van der Waals surface area contributed by atoms with Crippen molar-refractivity contribution in [1.82, 2.24) is 4.90 Å². The van der Waals surface area contributed by atoms with Gasteiger partial charge in [-0.3, -0.25) is 14.6 Å². The first-order chi connectivity index (χ1) is 11.1. The van der Waals surface area contributed by atoms with E-state index in [2.05, 4.69) is 17.9 Å². The lowest BCUT2D eigenvalue weighted by atomic mass is 10.0. The normalized spacial score (nSPS) is 30.0. The zero-order valence-corrected chi connectivity index (χ0v) is 14.4. The molecule has 2 aliphatic heterocycles. The third kappa shape index (κ3) is 3.45. The largest absolute Gasteiger partial charge is 0.377 e. The van der Waals surface area contributed by atoms with Gasteiger partial charge in [0.25, 0.3) is 5.91 Å². The van der Waals surface area contributed by atoms with E-state index in [-0.39, 0.29) is 12.5 Å². The van der Waals surface area contributed by atoms with Crippen LogP contribution in [0, 0.1) is 12.8 Å². The standard InChI is InChI=1S/C17H24N2O3S/c1-13-2-5-16(23-13)19-11-17(22-9-15(19)20)10-18(6-7-21-12-17)8-14-3-4-14/h2,5,14H,3-4,6-12H2,1H3. The number of hydrogen-bond donors (Lipinski definition) is 0. The molecule has 126 valence electrons. The molecule has 2 saturated heterocycles. The second-order valence-corrected chi connectivity index (χ2v) is 8.33. The molecule has 23 heavy (non-hydrogen) atoms. The molecule has 6 heteroatoms. The highest BCUT2D eigenvalue weighted by molar-refractivity contribution is 7.16. The van der Waals surface area contributed by atoms with Crippen LogP contribution in [0.3, 0.4) is 0 Å². The van der Waals surface area contributed by atoms with E-state index >= 15 is 0 Å². The molecule has 0 N–H and O–H groups in total. The van der Waals surface area contributed by atoms with Gasteiger partial charge in [-0.05, 0) is 37.8 Å². The molecule has 1 spiro atoms. The van der Waals surface area contributed by atoms with Gasteiger partial charge in [-0.2, -0.15) is 0 Å². The van der Waals surface area contributed by atoms with Crippen molar-refractivity contribution in [3.63, 3.8) is 0 Å². The van der Waals surface area contributed by atoms with E-state index in [1.807, 2.05) is 11.0 Å². The van der Waals surface area contributed by atoms with Gasteiger partial charge in [0.05, 0.1) is 24.8 Å². The van der Waals surface area contributed by atoms with Crippen molar-refractivity contribution in [3.05, 3.63) is 17.0 Å². The van der Waals surface area contributed by atoms with Crippen molar-refractivity contribution < 1.29 is 14.3 Å². The quantitative estimate of drug-likeness (QED) is 0.845. The monoisotopic (exact) mass is 336 g/mol. The predicted octanol–water partition coefficient (Wildman–Crippen LogP) is 1.90. The molecule has 1 amide bonds. The third-order valence-corrected chi connectivity index (χ3v) is 5.91. The maximum absolute atomic E-state index is 12.3. The van der Waals surface area contributed by atoms with E-state index in [9.17, 15) is 4.79 Å². The number of thiophene rings is 1. The molecule has 1 atom stereocenters. The van der Waals surface area contributed by atoms with Crippen LogP contribution in [0.5, 0.6) is 0 Å². The lowest BCUT2D eigenvalue weighted by Gasteiger charge is -2.42. The first kappa shape index (κ1) is 15.6. The molecule has 1 unspecified atom stereocenters. The summed E-state index contributed by atoms with van der Waals surface area (Å²) in [4.78, 5) is 17.9. The summed E-state index contributed by atoms with van der Waals surface area (Å²) in [5, 5.41) is 1.02. The minimum Gasteiger partial charge on any atom is -0.377 e. The number of nitrogens with zero attached hydrogens (tertiary/aromatic N) is 2. The van der Waals surface area contributed by atoms with Crippen LogP contribution < -0.4 is 4.90 Å². The fourth-order valence-electron chi connectivity index (χ4n) is 3.47. The molecule has 5 nitrogen and oxygen atoms in total. The Morgan fingerprint density at radius 1 is 1.35 bits per heavy atom. The van der Waals surface area contributed by atoms with E-state index < -0.39 is 5.60 Å². The van der Waals surface area contributed by atoms with Gasteiger partial charge in [-0.25, -0.2) is 0 Å². The van der Waals surface area contributed by atoms with Gasteiger partial charge in [0.2, 0.25) is 0 Å². The Labute approximate surface area is 141 Å². The number of carbonyl (C=O) groups is 1. The summed E-state index contributed by atoms with van der Waals surface area (Å²) in [6.07, 6.45) is 2.70. The van der Waals surface area contributed by atoms with E-state index in [0.29, 0.717) is 13.2 Å². The van der Waals surface area contributed by atoms with Crippen LogP contribution in [0.15, 0.2) is 12.1 Å². The Bertz CT molecular complexity index is 586. The Hall–Kier alpha value is -0.950. The molecule has 0 radical (unpaired) electrons. The summed E-state index contributed by atoms with van der Waals surface area (Å²) in [6.45, 7) is 7.10. The van der Waals surface area contributed by atoms with Gasteiger partial charge < -0.3 is 9.47 Å². The average Bonchev–Trinajstić information content (AvgIpc) is 3.28.